The summed E-state index contributed by atoms with van der Waals surface area (Å²) in [6, 6.07) is 6.73. The number of aromatic nitrogens is 2. The highest BCUT2D eigenvalue weighted by Gasteiger charge is 2.12. The average molecular weight is 385 g/mol. The standard InChI is InChI=1S/C16H21ClN4O3S/c1-4-5-8-25(22,23)21-16-7-6-15(19-20-16)18-13-9-11(2)12(17)10-14(13)24-3/h6-7,9-10H,4-5,8H2,1-3H3,(H,18,19)(H,20,21). The van der Waals surface area contributed by atoms with E-state index in [-0.39, 0.29) is 11.6 Å². The molecule has 1 aromatic carbocycles. The summed E-state index contributed by atoms with van der Waals surface area (Å²) in [6.45, 7) is 3.81. The third kappa shape index (κ3) is 5.47. The quantitative estimate of drug-likeness (QED) is 0.720. The Balaban J connectivity index is 2.12. The largest absolute Gasteiger partial charge is 0.495 e. The van der Waals surface area contributed by atoms with Crippen molar-refractivity contribution in [3.8, 4) is 5.75 Å². The van der Waals surface area contributed by atoms with Crippen LogP contribution < -0.4 is 14.8 Å². The fourth-order valence-electron chi connectivity index (χ4n) is 2.07. The predicted molar refractivity (Wildman–Crippen MR) is 100 cm³/mol. The van der Waals surface area contributed by atoms with Gasteiger partial charge in [-0.1, -0.05) is 24.9 Å². The summed E-state index contributed by atoms with van der Waals surface area (Å²) >= 11 is 6.09. The van der Waals surface area contributed by atoms with Crippen molar-refractivity contribution in [3.63, 3.8) is 0 Å². The molecule has 0 amide bonds. The Morgan fingerprint density at radius 3 is 2.48 bits per heavy atom. The van der Waals surface area contributed by atoms with Crippen LogP contribution in [0.1, 0.15) is 25.3 Å². The molecule has 0 aliphatic rings. The Morgan fingerprint density at radius 1 is 1.20 bits per heavy atom. The summed E-state index contributed by atoms with van der Waals surface area (Å²) in [5.41, 5.74) is 1.58. The Bertz CT molecular complexity index is 826. The van der Waals surface area contributed by atoms with Gasteiger partial charge in [-0.25, -0.2) is 8.42 Å². The van der Waals surface area contributed by atoms with Crippen molar-refractivity contribution >= 4 is 38.9 Å². The molecule has 0 bridgehead atoms. The highest BCUT2D eigenvalue weighted by molar-refractivity contribution is 7.92. The third-order valence-corrected chi connectivity index (χ3v) is 5.19. The fourth-order valence-corrected chi connectivity index (χ4v) is 3.42. The van der Waals surface area contributed by atoms with Crippen molar-refractivity contribution in [2.45, 2.75) is 26.7 Å². The Kier molecular flexibility index (Phi) is 6.44. The van der Waals surface area contributed by atoms with Crippen LogP contribution in [0.15, 0.2) is 24.3 Å². The van der Waals surface area contributed by atoms with Gasteiger partial charge in [0, 0.05) is 11.1 Å². The molecule has 0 spiro atoms. The molecule has 0 fully saturated rings. The summed E-state index contributed by atoms with van der Waals surface area (Å²) in [7, 11) is -1.85. The van der Waals surface area contributed by atoms with E-state index in [0.717, 1.165) is 12.0 Å². The van der Waals surface area contributed by atoms with Crippen molar-refractivity contribution in [3.05, 3.63) is 34.9 Å². The number of ether oxygens (including phenoxy) is 1. The number of rotatable bonds is 8. The summed E-state index contributed by atoms with van der Waals surface area (Å²) in [4.78, 5) is 0. The number of hydrogen-bond donors (Lipinski definition) is 2. The van der Waals surface area contributed by atoms with E-state index in [1.807, 2.05) is 19.9 Å². The lowest BCUT2D eigenvalue weighted by Gasteiger charge is -2.12. The van der Waals surface area contributed by atoms with Crippen molar-refractivity contribution in [2.75, 3.05) is 22.9 Å². The summed E-state index contributed by atoms with van der Waals surface area (Å²) in [5, 5.41) is 11.6. The SMILES string of the molecule is CCCCS(=O)(=O)Nc1ccc(Nc2cc(C)c(Cl)cc2OC)nn1. The molecule has 0 aliphatic heterocycles. The van der Waals surface area contributed by atoms with Crippen molar-refractivity contribution in [1.29, 1.82) is 0 Å². The van der Waals surface area contributed by atoms with E-state index < -0.39 is 10.0 Å². The zero-order valence-electron chi connectivity index (χ0n) is 14.3. The number of sulfonamides is 1. The average Bonchev–Trinajstić information content (AvgIpc) is 2.57. The number of nitrogens with one attached hydrogen (secondary N) is 2. The normalized spacial score (nSPS) is 11.2. The van der Waals surface area contributed by atoms with Crippen LogP contribution in [0.5, 0.6) is 5.75 Å². The minimum absolute atomic E-state index is 0.0619. The molecule has 1 aromatic heterocycles. The van der Waals surface area contributed by atoms with E-state index in [1.165, 1.54) is 0 Å². The number of aryl methyl sites for hydroxylation is 1. The lowest BCUT2D eigenvalue weighted by atomic mass is 10.2. The van der Waals surface area contributed by atoms with E-state index in [4.69, 9.17) is 16.3 Å². The number of nitrogens with zero attached hydrogens (tertiary/aromatic N) is 2. The number of hydrogen-bond acceptors (Lipinski definition) is 6. The van der Waals surface area contributed by atoms with E-state index in [0.29, 0.717) is 28.7 Å². The molecule has 2 N–H and O–H groups in total. The number of methoxy groups -OCH3 is 1. The number of unbranched alkanes of at least 4 members (excludes halogenated alkanes) is 1. The molecule has 0 radical (unpaired) electrons. The van der Waals surface area contributed by atoms with Gasteiger partial charge in [0.2, 0.25) is 10.0 Å². The van der Waals surface area contributed by atoms with Gasteiger partial charge in [-0.15, -0.1) is 10.2 Å². The summed E-state index contributed by atoms with van der Waals surface area (Å²) in [5.74, 6) is 1.27. The molecule has 25 heavy (non-hydrogen) atoms. The first-order valence-corrected chi connectivity index (χ1v) is 9.83. The molecule has 0 unspecified atom stereocenters. The minimum atomic E-state index is -3.40. The number of benzene rings is 1. The second kappa shape index (κ2) is 8.35. The molecular weight excluding hydrogens is 364 g/mol. The smallest absolute Gasteiger partial charge is 0.233 e. The Labute approximate surface area is 152 Å². The van der Waals surface area contributed by atoms with Crippen LogP contribution in [0.2, 0.25) is 5.02 Å². The molecule has 0 atom stereocenters. The second-order valence-electron chi connectivity index (χ2n) is 5.50. The van der Waals surface area contributed by atoms with Gasteiger partial charge in [-0.3, -0.25) is 4.72 Å². The van der Waals surface area contributed by atoms with Gasteiger partial charge in [-0.2, -0.15) is 0 Å². The van der Waals surface area contributed by atoms with E-state index in [2.05, 4.69) is 20.2 Å². The minimum Gasteiger partial charge on any atom is -0.495 e. The van der Waals surface area contributed by atoms with Crippen LogP contribution in [0.4, 0.5) is 17.3 Å². The van der Waals surface area contributed by atoms with E-state index >= 15 is 0 Å². The van der Waals surface area contributed by atoms with Crippen LogP contribution >= 0.6 is 11.6 Å². The summed E-state index contributed by atoms with van der Waals surface area (Å²) < 4.78 is 31.4. The van der Waals surface area contributed by atoms with Crippen molar-refractivity contribution < 1.29 is 13.2 Å². The highest BCUT2D eigenvalue weighted by Crippen LogP contribution is 2.32. The molecule has 136 valence electrons. The van der Waals surface area contributed by atoms with Gasteiger partial charge >= 0.3 is 0 Å². The first kappa shape index (κ1) is 19.3. The molecule has 2 aromatic rings. The molecule has 1 heterocycles. The predicted octanol–water partition coefficient (Wildman–Crippen LogP) is 3.73. The van der Waals surface area contributed by atoms with Crippen molar-refractivity contribution in [2.24, 2.45) is 0 Å². The molecule has 0 saturated heterocycles. The fraction of sp³-hybridized carbons (Fsp3) is 0.375. The second-order valence-corrected chi connectivity index (χ2v) is 7.75. The maximum Gasteiger partial charge on any atom is 0.233 e. The zero-order chi connectivity index (χ0) is 18.4. The van der Waals surface area contributed by atoms with Crippen LogP contribution in [-0.4, -0.2) is 31.5 Å². The molecule has 9 heteroatoms. The van der Waals surface area contributed by atoms with Crippen LogP contribution in [0.25, 0.3) is 0 Å². The monoisotopic (exact) mass is 384 g/mol. The third-order valence-electron chi connectivity index (χ3n) is 3.43. The van der Waals surface area contributed by atoms with Gasteiger partial charge in [0.25, 0.3) is 0 Å². The van der Waals surface area contributed by atoms with Gasteiger partial charge in [-0.05, 0) is 37.1 Å². The number of halogens is 1. The maximum absolute atomic E-state index is 11.9. The molecule has 2 rings (SSSR count). The topological polar surface area (TPSA) is 93.2 Å². The van der Waals surface area contributed by atoms with Crippen LogP contribution in [-0.2, 0) is 10.0 Å². The lowest BCUT2D eigenvalue weighted by Crippen LogP contribution is -2.17. The first-order chi connectivity index (χ1) is 11.8. The summed E-state index contributed by atoms with van der Waals surface area (Å²) in [6.07, 6.45) is 1.40. The van der Waals surface area contributed by atoms with Crippen LogP contribution in [0, 0.1) is 6.92 Å². The number of anilines is 3. The van der Waals surface area contributed by atoms with Gasteiger partial charge in [0.1, 0.15) is 5.75 Å². The van der Waals surface area contributed by atoms with E-state index in [9.17, 15) is 8.42 Å². The lowest BCUT2D eigenvalue weighted by molar-refractivity contribution is 0.416. The molecule has 7 nitrogen and oxygen atoms in total. The van der Waals surface area contributed by atoms with Gasteiger partial charge < -0.3 is 10.1 Å². The molecule has 0 saturated carbocycles. The zero-order valence-corrected chi connectivity index (χ0v) is 15.9. The van der Waals surface area contributed by atoms with E-state index in [1.54, 1.807) is 25.3 Å². The molecular formula is C16H21ClN4O3S. The highest BCUT2D eigenvalue weighted by atomic mass is 35.5. The molecule has 0 aliphatic carbocycles. The van der Waals surface area contributed by atoms with Crippen LogP contribution in [0.3, 0.4) is 0 Å². The van der Waals surface area contributed by atoms with Crippen molar-refractivity contribution in [1.82, 2.24) is 10.2 Å². The van der Waals surface area contributed by atoms with Gasteiger partial charge in [0.15, 0.2) is 11.6 Å². The maximum atomic E-state index is 11.9. The van der Waals surface area contributed by atoms with Gasteiger partial charge in [0.05, 0.1) is 18.6 Å². The Hall–Kier alpha value is -2.06. The Morgan fingerprint density at radius 2 is 1.88 bits per heavy atom. The first-order valence-electron chi connectivity index (χ1n) is 7.80.